The first-order chi connectivity index (χ1) is 12.8. The number of nitrogens with one attached hydrogen (secondary N) is 2. The quantitative estimate of drug-likeness (QED) is 0.787. The molecule has 0 atom stereocenters. The maximum atomic E-state index is 13.3. The molecule has 6 nitrogen and oxygen atoms in total. The molecule has 0 bridgehead atoms. The lowest BCUT2D eigenvalue weighted by molar-refractivity contribution is -0.138. The fourth-order valence-electron chi connectivity index (χ4n) is 2.42. The monoisotopic (exact) mass is 376 g/mol. The fraction of sp³-hybridized carbons (Fsp3) is 0.263. The van der Waals surface area contributed by atoms with Crippen molar-refractivity contribution in [1.82, 2.24) is 5.32 Å². The van der Waals surface area contributed by atoms with Gasteiger partial charge in [-0.25, -0.2) is 8.78 Å². The van der Waals surface area contributed by atoms with Crippen molar-refractivity contribution < 1.29 is 27.8 Å². The van der Waals surface area contributed by atoms with E-state index in [1.807, 2.05) is 0 Å². The van der Waals surface area contributed by atoms with Gasteiger partial charge in [-0.1, -0.05) is 6.07 Å². The molecule has 0 saturated carbocycles. The van der Waals surface area contributed by atoms with Gasteiger partial charge in [-0.3, -0.25) is 9.59 Å². The number of ether oxygens (including phenoxy) is 2. The number of anilines is 1. The van der Waals surface area contributed by atoms with Gasteiger partial charge in [-0.05, 0) is 43.7 Å². The summed E-state index contributed by atoms with van der Waals surface area (Å²) in [5.74, 6) is -2.03. The number of amides is 2. The number of carbonyl (C=O) groups is 2. The Morgan fingerprint density at radius 2 is 1.74 bits per heavy atom. The van der Waals surface area contributed by atoms with E-state index in [2.05, 4.69) is 10.6 Å². The summed E-state index contributed by atoms with van der Waals surface area (Å²) in [4.78, 5) is 24.9. The van der Waals surface area contributed by atoms with Crippen LogP contribution in [0.5, 0.6) is 11.5 Å². The first-order valence-electron chi connectivity index (χ1n) is 8.20. The maximum absolute atomic E-state index is 13.3. The van der Waals surface area contributed by atoms with E-state index in [1.165, 1.54) is 19.9 Å². The Hall–Kier alpha value is -3.16. The van der Waals surface area contributed by atoms with Gasteiger partial charge in [0.05, 0.1) is 0 Å². The number of fused-ring (bicyclic) bond motifs is 1. The van der Waals surface area contributed by atoms with Crippen LogP contribution in [0.2, 0.25) is 0 Å². The normalized spacial score (nSPS) is 12.6. The van der Waals surface area contributed by atoms with Crippen LogP contribution < -0.4 is 20.1 Å². The van der Waals surface area contributed by atoms with Gasteiger partial charge in [-0.15, -0.1) is 0 Å². The highest BCUT2D eigenvalue weighted by atomic mass is 19.2. The number of carbonyl (C=O) groups excluding carboxylic acids is 2. The third-order valence-electron chi connectivity index (χ3n) is 4.20. The molecule has 0 aromatic heterocycles. The van der Waals surface area contributed by atoms with Crippen molar-refractivity contribution >= 4 is 17.5 Å². The highest BCUT2D eigenvalue weighted by Gasteiger charge is 2.36. The largest absolute Gasteiger partial charge is 0.454 e. The Morgan fingerprint density at radius 3 is 2.48 bits per heavy atom. The van der Waals surface area contributed by atoms with Gasteiger partial charge in [0.15, 0.2) is 23.1 Å². The lowest BCUT2D eigenvalue weighted by Crippen LogP contribution is -2.44. The third-order valence-corrected chi connectivity index (χ3v) is 4.20. The van der Waals surface area contributed by atoms with Gasteiger partial charge in [0, 0.05) is 18.3 Å². The molecule has 3 rings (SSSR count). The molecule has 1 aliphatic heterocycles. The topological polar surface area (TPSA) is 76.7 Å². The highest BCUT2D eigenvalue weighted by Crippen LogP contribution is 2.32. The molecule has 0 unspecified atom stereocenters. The van der Waals surface area contributed by atoms with Crippen molar-refractivity contribution in [3.63, 3.8) is 0 Å². The SMILES string of the molecule is CC(C)(C(=O)NCc1ccc2c(c1)OCO2)C(=O)Nc1ccc(F)c(F)c1. The molecule has 0 spiro atoms. The summed E-state index contributed by atoms with van der Waals surface area (Å²) in [5, 5.41) is 5.11. The molecule has 0 aliphatic carbocycles. The van der Waals surface area contributed by atoms with Crippen LogP contribution in [-0.4, -0.2) is 18.6 Å². The van der Waals surface area contributed by atoms with E-state index in [9.17, 15) is 18.4 Å². The molecular formula is C19H18F2N2O4. The first kappa shape index (κ1) is 18.6. The summed E-state index contributed by atoms with van der Waals surface area (Å²) < 4.78 is 36.7. The molecule has 0 fully saturated rings. The summed E-state index contributed by atoms with van der Waals surface area (Å²) in [6, 6.07) is 8.24. The number of hydrogen-bond donors (Lipinski definition) is 2. The van der Waals surface area contributed by atoms with Crippen LogP contribution in [0.15, 0.2) is 36.4 Å². The van der Waals surface area contributed by atoms with Crippen LogP contribution in [0.25, 0.3) is 0 Å². The lowest BCUT2D eigenvalue weighted by atomic mass is 9.90. The molecule has 0 radical (unpaired) electrons. The van der Waals surface area contributed by atoms with Crippen molar-refractivity contribution in [2.75, 3.05) is 12.1 Å². The van der Waals surface area contributed by atoms with E-state index in [-0.39, 0.29) is 19.0 Å². The average Bonchev–Trinajstić information content (AvgIpc) is 3.10. The molecule has 2 N–H and O–H groups in total. The van der Waals surface area contributed by atoms with Crippen molar-refractivity contribution in [2.24, 2.45) is 5.41 Å². The van der Waals surface area contributed by atoms with Gasteiger partial charge in [0.25, 0.3) is 0 Å². The van der Waals surface area contributed by atoms with Crippen LogP contribution in [0, 0.1) is 17.0 Å². The zero-order valence-corrected chi connectivity index (χ0v) is 14.8. The average molecular weight is 376 g/mol. The van der Waals surface area contributed by atoms with Gasteiger partial charge in [-0.2, -0.15) is 0 Å². The van der Waals surface area contributed by atoms with Gasteiger partial charge in [0.2, 0.25) is 18.6 Å². The number of hydrogen-bond acceptors (Lipinski definition) is 4. The molecule has 142 valence electrons. The lowest BCUT2D eigenvalue weighted by Gasteiger charge is -2.23. The Bertz CT molecular complexity index is 899. The van der Waals surface area contributed by atoms with Crippen LogP contribution in [0.1, 0.15) is 19.4 Å². The number of benzene rings is 2. The molecule has 2 aromatic rings. The molecular weight excluding hydrogens is 358 g/mol. The van der Waals surface area contributed by atoms with Crippen molar-refractivity contribution in [3.8, 4) is 11.5 Å². The smallest absolute Gasteiger partial charge is 0.239 e. The molecule has 0 saturated heterocycles. The Morgan fingerprint density at radius 1 is 1.00 bits per heavy atom. The molecule has 1 heterocycles. The third kappa shape index (κ3) is 3.99. The molecule has 2 amide bonds. The molecule has 27 heavy (non-hydrogen) atoms. The Kier molecular flexibility index (Phi) is 4.98. The minimum Gasteiger partial charge on any atom is -0.454 e. The number of rotatable bonds is 5. The molecule has 8 heteroatoms. The van der Waals surface area contributed by atoms with Crippen LogP contribution in [-0.2, 0) is 16.1 Å². The van der Waals surface area contributed by atoms with Crippen molar-refractivity contribution in [3.05, 3.63) is 53.6 Å². The molecule has 1 aliphatic rings. The van der Waals surface area contributed by atoms with Gasteiger partial charge < -0.3 is 20.1 Å². The van der Waals surface area contributed by atoms with Crippen LogP contribution in [0.3, 0.4) is 0 Å². The summed E-state index contributed by atoms with van der Waals surface area (Å²) in [6.07, 6.45) is 0. The highest BCUT2D eigenvalue weighted by molar-refractivity contribution is 6.09. The predicted octanol–water partition coefficient (Wildman–Crippen LogP) is 2.97. The second-order valence-electron chi connectivity index (χ2n) is 6.58. The van der Waals surface area contributed by atoms with E-state index < -0.39 is 28.9 Å². The number of halogens is 2. The second-order valence-corrected chi connectivity index (χ2v) is 6.58. The predicted molar refractivity (Wildman–Crippen MR) is 93.2 cm³/mol. The van der Waals surface area contributed by atoms with E-state index in [0.717, 1.165) is 17.7 Å². The summed E-state index contributed by atoms with van der Waals surface area (Å²) >= 11 is 0. The zero-order chi connectivity index (χ0) is 19.6. The van der Waals surface area contributed by atoms with Crippen LogP contribution >= 0.6 is 0 Å². The van der Waals surface area contributed by atoms with Gasteiger partial charge in [0.1, 0.15) is 5.41 Å². The van der Waals surface area contributed by atoms with E-state index in [0.29, 0.717) is 11.5 Å². The minimum atomic E-state index is -1.43. The second kappa shape index (κ2) is 7.22. The zero-order valence-electron chi connectivity index (χ0n) is 14.8. The summed E-state index contributed by atoms with van der Waals surface area (Å²) in [7, 11) is 0. The fourth-order valence-corrected chi connectivity index (χ4v) is 2.42. The van der Waals surface area contributed by atoms with Crippen molar-refractivity contribution in [2.45, 2.75) is 20.4 Å². The van der Waals surface area contributed by atoms with E-state index in [1.54, 1.807) is 18.2 Å². The Balaban J connectivity index is 1.61. The molecule has 2 aromatic carbocycles. The maximum Gasteiger partial charge on any atom is 0.239 e. The van der Waals surface area contributed by atoms with Crippen molar-refractivity contribution in [1.29, 1.82) is 0 Å². The first-order valence-corrected chi connectivity index (χ1v) is 8.20. The van der Waals surface area contributed by atoms with Crippen LogP contribution in [0.4, 0.5) is 14.5 Å². The summed E-state index contributed by atoms with van der Waals surface area (Å²) in [6.45, 7) is 3.23. The van der Waals surface area contributed by atoms with Gasteiger partial charge >= 0.3 is 0 Å². The summed E-state index contributed by atoms with van der Waals surface area (Å²) in [5.41, 5.74) is -0.582. The standard InChI is InChI=1S/C19H18F2N2O4/c1-19(2,18(25)23-12-4-5-13(20)14(21)8-12)17(24)22-9-11-3-6-15-16(7-11)27-10-26-15/h3-8H,9-10H2,1-2H3,(H,22,24)(H,23,25). The minimum absolute atomic E-state index is 0.0653. The van der Waals surface area contributed by atoms with E-state index >= 15 is 0 Å². The van der Waals surface area contributed by atoms with E-state index in [4.69, 9.17) is 9.47 Å². The Labute approximate surface area is 154 Å².